The van der Waals surface area contributed by atoms with E-state index in [0.717, 1.165) is 16.6 Å². The molecule has 3 N–H and O–H groups in total. The highest BCUT2D eigenvalue weighted by atomic mass is 16.3. The maximum atomic E-state index is 10.1. The molecule has 1 heterocycles. The summed E-state index contributed by atoms with van der Waals surface area (Å²) in [4.78, 5) is 5.71. The zero-order valence-electron chi connectivity index (χ0n) is 9.91. The van der Waals surface area contributed by atoms with Gasteiger partial charge in [-0.25, -0.2) is 0 Å². The number of azide groups is 1. The predicted octanol–water partition coefficient (Wildman–Crippen LogP) is 2.18. The van der Waals surface area contributed by atoms with E-state index in [1.54, 1.807) is 0 Å². The number of nitrogens with one attached hydrogen (secondary N) is 1. The van der Waals surface area contributed by atoms with Gasteiger partial charge in [-0.3, -0.25) is 0 Å². The molecule has 0 aliphatic rings. The maximum Gasteiger partial charge on any atom is 0.107 e. The summed E-state index contributed by atoms with van der Waals surface area (Å²) >= 11 is 0. The van der Waals surface area contributed by atoms with Gasteiger partial charge in [-0.15, -0.1) is 0 Å². The maximum absolute atomic E-state index is 10.1. The number of fused-ring (bicyclic) bond motifs is 1. The van der Waals surface area contributed by atoms with Crippen molar-refractivity contribution in [3.63, 3.8) is 0 Å². The normalized spacial score (nSPS) is 14.2. The first-order valence-electron chi connectivity index (χ1n) is 5.59. The number of benzene rings is 1. The summed E-state index contributed by atoms with van der Waals surface area (Å²) in [5, 5.41) is 24.0. The van der Waals surface area contributed by atoms with Gasteiger partial charge in [-0.1, -0.05) is 23.3 Å². The highest BCUT2D eigenvalue weighted by Gasteiger charge is 2.22. The molecule has 0 fully saturated rings. The number of aliphatic hydroxyl groups is 2. The van der Waals surface area contributed by atoms with Crippen LogP contribution in [-0.4, -0.2) is 27.8 Å². The van der Waals surface area contributed by atoms with Gasteiger partial charge >= 0.3 is 0 Å². The lowest BCUT2D eigenvalue weighted by Gasteiger charge is -2.16. The van der Waals surface area contributed by atoms with Crippen LogP contribution in [0.1, 0.15) is 17.4 Å². The Kier molecular flexibility index (Phi) is 3.53. The molecular formula is C12H14N4O2. The van der Waals surface area contributed by atoms with Gasteiger partial charge in [0, 0.05) is 27.1 Å². The molecule has 0 spiro atoms. The first-order valence-corrected chi connectivity index (χ1v) is 5.59. The SMILES string of the molecule is Cc1[nH]c2ccccc2c1C(O)C(O)CN=[N+]=[N-]. The summed E-state index contributed by atoms with van der Waals surface area (Å²) in [6.45, 7) is 1.68. The van der Waals surface area contributed by atoms with Crippen molar-refractivity contribution < 1.29 is 10.2 Å². The van der Waals surface area contributed by atoms with Crippen molar-refractivity contribution in [2.24, 2.45) is 5.11 Å². The third kappa shape index (κ3) is 2.17. The third-order valence-corrected chi connectivity index (χ3v) is 2.94. The van der Waals surface area contributed by atoms with Crippen molar-refractivity contribution in [2.45, 2.75) is 19.1 Å². The molecule has 1 aromatic carbocycles. The molecule has 0 bridgehead atoms. The van der Waals surface area contributed by atoms with Crippen LogP contribution in [0.4, 0.5) is 0 Å². The Labute approximate surface area is 104 Å². The average Bonchev–Trinajstić information content (AvgIpc) is 2.70. The van der Waals surface area contributed by atoms with Crippen molar-refractivity contribution in [3.8, 4) is 0 Å². The summed E-state index contributed by atoms with van der Waals surface area (Å²) in [7, 11) is 0. The van der Waals surface area contributed by atoms with Crippen LogP contribution >= 0.6 is 0 Å². The lowest BCUT2D eigenvalue weighted by molar-refractivity contribution is 0.0249. The van der Waals surface area contributed by atoms with E-state index in [4.69, 9.17) is 5.53 Å². The van der Waals surface area contributed by atoms with Gasteiger partial charge in [0.05, 0.1) is 12.6 Å². The molecule has 6 nitrogen and oxygen atoms in total. The molecule has 2 unspecified atom stereocenters. The topological polar surface area (TPSA) is 105 Å². The monoisotopic (exact) mass is 246 g/mol. The lowest BCUT2D eigenvalue weighted by Crippen LogP contribution is -2.21. The molecule has 94 valence electrons. The number of H-pyrrole nitrogens is 1. The molecule has 0 aliphatic carbocycles. The van der Waals surface area contributed by atoms with Crippen molar-refractivity contribution in [1.82, 2.24) is 4.98 Å². The first kappa shape index (κ1) is 12.4. The molecule has 0 aliphatic heterocycles. The number of aromatic nitrogens is 1. The summed E-state index contributed by atoms with van der Waals surface area (Å²) in [5.41, 5.74) is 10.6. The van der Waals surface area contributed by atoms with E-state index >= 15 is 0 Å². The second kappa shape index (κ2) is 5.10. The number of hydrogen-bond acceptors (Lipinski definition) is 3. The largest absolute Gasteiger partial charge is 0.390 e. The van der Waals surface area contributed by atoms with E-state index in [2.05, 4.69) is 15.0 Å². The second-order valence-electron chi connectivity index (χ2n) is 4.13. The predicted molar refractivity (Wildman–Crippen MR) is 68.0 cm³/mol. The van der Waals surface area contributed by atoms with Crippen LogP contribution in [-0.2, 0) is 0 Å². The molecule has 6 heteroatoms. The minimum atomic E-state index is -1.11. The zero-order chi connectivity index (χ0) is 13.1. The number of aromatic amines is 1. The van der Waals surface area contributed by atoms with Crippen LogP contribution in [0, 0.1) is 6.92 Å². The molecule has 0 saturated heterocycles. The van der Waals surface area contributed by atoms with Gasteiger partial charge in [0.25, 0.3) is 0 Å². The molecule has 2 aromatic rings. The molecule has 0 saturated carbocycles. The van der Waals surface area contributed by atoms with Crippen LogP contribution in [0.25, 0.3) is 21.3 Å². The number of hydrogen-bond donors (Lipinski definition) is 3. The third-order valence-electron chi connectivity index (χ3n) is 2.94. The Balaban J connectivity index is 2.40. The van der Waals surface area contributed by atoms with Crippen molar-refractivity contribution in [3.05, 3.63) is 46.0 Å². The lowest BCUT2D eigenvalue weighted by atomic mass is 10.0. The van der Waals surface area contributed by atoms with E-state index in [9.17, 15) is 10.2 Å². The number of para-hydroxylation sites is 1. The summed E-state index contributed by atoms with van der Waals surface area (Å²) < 4.78 is 0. The molecule has 2 rings (SSSR count). The van der Waals surface area contributed by atoms with Crippen LogP contribution in [0.2, 0.25) is 0 Å². The zero-order valence-corrected chi connectivity index (χ0v) is 9.91. The van der Waals surface area contributed by atoms with Gasteiger partial charge in [0.15, 0.2) is 0 Å². The Morgan fingerprint density at radius 2 is 2.11 bits per heavy atom. The van der Waals surface area contributed by atoms with Crippen LogP contribution < -0.4 is 0 Å². The van der Waals surface area contributed by atoms with E-state index in [1.165, 1.54) is 0 Å². The van der Waals surface area contributed by atoms with E-state index in [-0.39, 0.29) is 6.54 Å². The average molecular weight is 246 g/mol. The van der Waals surface area contributed by atoms with Crippen molar-refractivity contribution in [2.75, 3.05) is 6.54 Å². The number of rotatable bonds is 4. The number of aliphatic hydroxyl groups excluding tert-OH is 2. The van der Waals surface area contributed by atoms with Gasteiger partial charge in [0.2, 0.25) is 0 Å². The summed E-state index contributed by atoms with van der Waals surface area (Å²) in [6.07, 6.45) is -2.19. The number of aryl methyl sites for hydroxylation is 1. The fourth-order valence-electron chi connectivity index (χ4n) is 2.09. The van der Waals surface area contributed by atoms with Gasteiger partial charge in [0.1, 0.15) is 6.10 Å². The Morgan fingerprint density at radius 3 is 2.83 bits per heavy atom. The Hall–Kier alpha value is -2.01. The molecule has 18 heavy (non-hydrogen) atoms. The highest BCUT2D eigenvalue weighted by Crippen LogP contribution is 2.29. The van der Waals surface area contributed by atoms with Gasteiger partial charge in [-0.05, 0) is 18.5 Å². The molecule has 1 aromatic heterocycles. The standard InChI is InChI=1S/C12H14N4O2/c1-7-11(12(18)10(17)6-14-16-13)8-4-2-3-5-9(8)15-7/h2-5,10,12,15,17-18H,6H2,1H3. The van der Waals surface area contributed by atoms with Crippen molar-refractivity contribution >= 4 is 10.9 Å². The molecule has 2 atom stereocenters. The Bertz CT molecular complexity index is 601. The van der Waals surface area contributed by atoms with E-state index < -0.39 is 12.2 Å². The summed E-state index contributed by atoms with van der Waals surface area (Å²) in [6, 6.07) is 7.53. The smallest absolute Gasteiger partial charge is 0.107 e. The molecule has 0 radical (unpaired) electrons. The fraction of sp³-hybridized carbons (Fsp3) is 0.333. The van der Waals surface area contributed by atoms with Gasteiger partial charge in [-0.2, -0.15) is 0 Å². The summed E-state index contributed by atoms with van der Waals surface area (Å²) in [5.74, 6) is 0. The minimum Gasteiger partial charge on any atom is -0.390 e. The minimum absolute atomic E-state index is 0.156. The molecular weight excluding hydrogens is 232 g/mol. The van der Waals surface area contributed by atoms with E-state index in [0.29, 0.717) is 5.56 Å². The number of nitrogens with zero attached hydrogens (tertiary/aromatic N) is 3. The highest BCUT2D eigenvalue weighted by molar-refractivity contribution is 5.85. The molecule has 0 amide bonds. The fourth-order valence-corrected chi connectivity index (χ4v) is 2.09. The van der Waals surface area contributed by atoms with E-state index in [1.807, 2.05) is 31.2 Å². The first-order chi connectivity index (χ1) is 8.65. The Morgan fingerprint density at radius 1 is 1.39 bits per heavy atom. The van der Waals surface area contributed by atoms with Gasteiger partial charge < -0.3 is 15.2 Å². The second-order valence-corrected chi connectivity index (χ2v) is 4.13. The van der Waals surface area contributed by atoms with Crippen molar-refractivity contribution in [1.29, 1.82) is 0 Å². The van der Waals surface area contributed by atoms with Crippen LogP contribution in [0.5, 0.6) is 0 Å². The van der Waals surface area contributed by atoms with Crippen LogP contribution in [0.3, 0.4) is 0 Å². The van der Waals surface area contributed by atoms with Crippen LogP contribution in [0.15, 0.2) is 29.4 Å². The quantitative estimate of drug-likeness (QED) is 0.437.